The lowest BCUT2D eigenvalue weighted by Crippen LogP contribution is -2.25. The lowest BCUT2D eigenvalue weighted by atomic mass is 9.68. The smallest absolute Gasteiger partial charge is 0.165 e. The monoisotopic (exact) mass is 728 g/mol. The minimum atomic E-state index is -4.21. The van der Waals surface area contributed by atoms with E-state index in [1.165, 1.54) is 108 Å². The minimum Gasteiger partial charge on any atom is -0.165 e. The molecule has 49 heavy (non-hydrogen) atoms. The Balaban J connectivity index is 0.000000191. The van der Waals surface area contributed by atoms with Crippen molar-refractivity contribution in [2.75, 3.05) is 0 Å². The lowest BCUT2D eigenvalue weighted by Gasteiger charge is -2.37. The zero-order valence-electron chi connectivity index (χ0n) is 29.7. The van der Waals surface area contributed by atoms with E-state index in [1.807, 2.05) is 0 Å². The van der Waals surface area contributed by atoms with Crippen molar-refractivity contribution in [3.63, 3.8) is 0 Å². The average Bonchev–Trinajstić information content (AvgIpc) is 3.81. The maximum atomic E-state index is 12.8. The van der Waals surface area contributed by atoms with Crippen molar-refractivity contribution in [1.29, 1.82) is 0 Å². The number of rotatable bonds is 9. The van der Waals surface area contributed by atoms with Gasteiger partial charge in [0.2, 0.25) is 0 Å². The first-order chi connectivity index (χ1) is 23.4. The highest BCUT2D eigenvalue weighted by Gasteiger charge is 2.36. The molecule has 0 spiro atoms. The number of hydrogen-bond acceptors (Lipinski definition) is 2. The molecule has 3 saturated carbocycles. The van der Waals surface area contributed by atoms with Crippen LogP contribution < -0.4 is 0 Å². The first-order valence-electron chi connectivity index (χ1n) is 19.5. The first-order valence-corrected chi connectivity index (χ1v) is 21.1. The number of hydrogen-bond donors (Lipinski definition) is 0. The maximum absolute atomic E-state index is 12.8. The van der Waals surface area contributed by atoms with Crippen molar-refractivity contribution in [3.8, 4) is 0 Å². The largest absolute Gasteiger partial charge is 0.425 e. The summed E-state index contributed by atoms with van der Waals surface area (Å²) < 4.78 is 76.6. The van der Waals surface area contributed by atoms with Gasteiger partial charge in [0, 0.05) is 9.75 Å². The Morgan fingerprint density at radius 1 is 0.571 bits per heavy atom. The Kier molecular flexibility index (Phi) is 14.3. The molecule has 0 aliphatic heterocycles. The van der Waals surface area contributed by atoms with Gasteiger partial charge >= 0.3 is 12.4 Å². The molecule has 4 aliphatic rings. The zero-order valence-corrected chi connectivity index (χ0v) is 31.3. The van der Waals surface area contributed by atoms with Crippen molar-refractivity contribution in [1.82, 2.24) is 0 Å². The van der Waals surface area contributed by atoms with Crippen molar-refractivity contribution in [2.45, 2.75) is 161 Å². The number of halogens is 6. The molecule has 0 radical (unpaired) electrons. The van der Waals surface area contributed by atoms with Crippen LogP contribution in [0.5, 0.6) is 0 Å². The molecule has 2 aromatic heterocycles. The summed E-state index contributed by atoms with van der Waals surface area (Å²) in [6.45, 7) is 4.55. The molecule has 1 unspecified atom stereocenters. The van der Waals surface area contributed by atoms with Gasteiger partial charge in [-0.15, -0.1) is 22.7 Å². The third kappa shape index (κ3) is 11.1. The molecule has 0 amide bonds. The van der Waals surface area contributed by atoms with Gasteiger partial charge in [0.25, 0.3) is 0 Å². The Labute approximate surface area is 299 Å². The topological polar surface area (TPSA) is 0 Å². The molecule has 2 heterocycles. The molecule has 1 atom stereocenters. The average molecular weight is 729 g/mol. The molecule has 4 aliphatic carbocycles. The van der Waals surface area contributed by atoms with E-state index in [0.29, 0.717) is 5.92 Å². The second-order valence-corrected chi connectivity index (χ2v) is 17.9. The summed E-state index contributed by atoms with van der Waals surface area (Å²) >= 11 is 1.86. The highest BCUT2D eigenvalue weighted by atomic mass is 32.1. The van der Waals surface area contributed by atoms with Crippen LogP contribution in [0.1, 0.15) is 168 Å². The van der Waals surface area contributed by atoms with E-state index >= 15 is 0 Å². The number of thiophene rings is 2. The molecule has 276 valence electrons. The highest BCUT2D eigenvalue weighted by Crippen LogP contribution is 2.47. The molecule has 0 bridgehead atoms. The number of unbranched alkanes of at least 4 members (excludes halogenated alkanes) is 1. The fraction of sp³-hybridized carbons (Fsp3) is 0.756. The normalized spacial score (nSPS) is 30.0. The second kappa shape index (κ2) is 18.0. The Bertz CT molecular complexity index is 1280. The summed E-state index contributed by atoms with van der Waals surface area (Å²) in [5, 5.41) is 0. The third-order valence-corrected chi connectivity index (χ3v) is 15.0. The van der Waals surface area contributed by atoms with Crippen LogP contribution in [0.15, 0.2) is 30.3 Å². The van der Waals surface area contributed by atoms with E-state index in [0.717, 1.165) is 106 Å². The highest BCUT2D eigenvalue weighted by molar-refractivity contribution is 7.13. The molecule has 2 aromatic rings. The SMILES string of the molecule is CCCC1CCC(C2CC=C(c3ccc(C(F)(F)F)s3)CC2)CC1.CCCCC1CCC(C2CCC(c3ccc(C(F)(F)F)s3)CC2)CC1. The Hall–Kier alpha value is -1.28. The van der Waals surface area contributed by atoms with Crippen LogP contribution in [0.25, 0.3) is 5.57 Å². The lowest BCUT2D eigenvalue weighted by molar-refractivity contribution is -0.135. The Morgan fingerprint density at radius 2 is 1.10 bits per heavy atom. The second-order valence-electron chi connectivity index (χ2n) is 15.7. The van der Waals surface area contributed by atoms with Gasteiger partial charge in [0.1, 0.15) is 9.75 Å². The van der Waals surface area contributed by atoms with Crippen molar-refractivity contribution in [2.24, 2.45) is 35.5 Å². The summed E-state index contributed by atoms with van der Waals surface area (Å²) in [7, 11) is 0. The summed E-state index contributed by atoms with van der Waals surface area (Å²) in [5.41, 5.74) is 1.13. The van der Waals surface area contributed by atoms with Crippen LogP contribution in [-0.2, 0) is 12.4 Å². The van der Waals surface area contributed by atoms with Crippen LogP contribution in [0.2, 0.25) is 0 Å². The van der Waals surface area contributed by atoms with Crippen molar-refractivity contribution < 1.29 is 26.3 Å². The van der Waals surface area contributed by atoms with Crippen LogP contribution in [-0.4, -0.2) is 0 Å². The molecule has 0 saturated heterocycles. The molecule has 0 nitrogen and oxygen atoms in total. The molecular formula is C41H58F6S2. The predicted molar refractivity (Wildman–Crippen MR) is 194 cm³/mol. The summed E-state index contributed by atoms with van der Waals surface area (Å²) in [4.78, 5) is 0.853. The van der Waals surface area contributed by atoms with Gasteiger partial charge in [-0.1, -0.05) is 77.7 Å². The van der Waals surface area contributed by atoms with Gasteiger partial charge in [0.15, 0.2) is 0 Å². The van der Waals surface area contributed by atoms with E-state index in [1.54, 1.807) is 12.1 Å². The van der Waals surface area contributed by atoms with Gasteiger partial charge in [-0.3, -0.25) is 0 Å². The zero-order chi connectivity index (χ0) is 35.0. The fourth-order valence-corrected chi connectivity index (χ4v) is 11.6. The predicted octanol–water partition coefficient (Wildman–Crippen LogP) is 15.6. The minimum absolute atomic E-state index is 0.359. The molecule has 0 N–H and O–H groups in total. The summed E-state index contributed by atoms with van der Waals surface area (Å²) in [5.74, 6) is 5.55. The van der Waals surface area contributed by atoms with E-state index < -0.39 is 22.1 Å². The van der Waals surface area contributed by atoms with E-state index in [-0.39, 0.29) is 0 Å². The van der Waals surface area contributed by atoms with E-state index in [4.69, 9.17) is 0 Å². The third-order valence-electron chi connectivity index (χ3n) is 12.5. The van der Waals surface area contributed by atoms with Gasteiger partial charge in [0.05, 0.1) is 0 Å². The maximum Gasteiger partial charge on any atom is 0.425 e. The van der Waals surface area contributed by atoms with Gasteiger partial charge < -0.3 is 0 Å². The molecular weight excluding hydrogens is 671 g/mol. The standard InChI is InChI=1S/C21H31F3S.C20H27F3S/c1-2-3-4-15-5-7-16(8-6-15)17-9-11-18(12-10-17)19-13-14-20(25-19)21(22,23)24;1-2-3-14-4-6-15(7-5-14)16-8-10-17(11-9-16)18-12-13-19(24-18)20(21,22)23/h13-18H,2-12H2,1H3;10,12-16H,2-9,11H2,1H3. The van der Waals surface area contributed by atoms with Gasteiger partial charge in [-0.05, 0) is 142 Å². The quantitative estimate of drug-likeness (QED) is 0.226. The van der Waals surface area contributed by atoms with Crippen LogP contribution >= 0.6 is 22.7 Å². The van der Waals surface area contributed by atoms with Crippen LogP contribution in [0, 0.1) is 35.5 Å². The molecule has 3 fully saturated rings. The van der Waals surface area contributed by atoms with Gasteiger partial charge in [-0.25, -0.2) is 0 Å². The van der Waals surface area contributed by atoms with Crippen LogP contribution in [0.4, 0.5) is 26.3 Å². The number of allylic oxidation sites excluding steroid dienone is 2. The first kappa shape index (κ1) is 38.9. The van der Waals surface area contributed by atoms with Crippen LogP contribution in [0.3, 0.4) is 0 Å². The molecule has 6 rings (SSSR count). The molecule has 8 heteroatoms. The Morgan fingerprint density at radius 3 is 1.59 bits per heavy atom. The molecule has 0 aromatic carbocycles. The van der Waals surface area contributed by atoms with Gasteiger partial charge in [-0.2, -0.15) is 26.3 Å². The van der Waals surface area contributed by atoms with Crippen molar-refractivity contribution >= 4 is 28.2 Å². The summed E-state index contributed by atoms with van der Waals surface area (Å²) in [6, 6.07) is 5.86. The van der Waals surface area contributed by atoms with E-state index in [9.17, 15) is 26.3 Å². The van der Waals surface area contributed by atoms with E-state index in [2.05, 4.69) is 19.9 Å². The summed E-state index contributed by atoms with van der Waals surface area (Å²) in [6.07, 6.45) is 19.4. The number of alkyl halides is 6. The van der Waals surface area contributed by atoms with Crippen molar-refractivity contribution in [3.05, 3.63) is 49.9 Å². The fourth-order valence-electron chi connectivity index (χ4n) is 9.57.